The highest BCUT2D eigenvalue weighted by atomic mass is 32.2. The van der Waals surface area contributed by atoms with E-state index in [4.69, 9.17) is 5.11 Å². The maximum atomic E-state index is 12.1. The summed E-state index contributed by atoms with van der Waals surface area (Å²) in [6.45, 7) is 1.81. The van der Waals surface area contributed by atoms with Gasteiger partial charge in [-0.2, -0.15) is 0 Å². The van der Waals surface area contributed by atoms with Crippen molar-refractivity contribution in [1.29, 1.82) is 0 Å². The molecule has 0 saturated carbocycles. The Bertz CT molecular complexity index is 860. The predicted octanol–water partition coefficient (Wildman–Crippen LogP) is 1.02. The van der Waals surface area contributed by atoms with Gasteiger partial charge in [-0.25, -0.2) is 13.4 Å². The van der Waals surface area contributed by atoms with Crippen LogP contribution in [0.1, 0.15) is 22.7 Å². The third-order valence-corrected chi connectivity index (χ3v) is 5.28. The minimum Gasteiger partial charge on any atom is -0.481 e. The zero-order chi connectivity index (χ0) is 18.4. The molecule has 0 spiro atoms. The first-order valence-electron chi connectivity index (χ1n) is 7.28. The summed E-state index contributed by atoms with van der Waals surface area (Å²) in [6.07, 6.45) is 0.254. The van der Waals surface area contributed by atoms with Gasteiger partial charge in [-0.3, -0.25) is 15.0 Å². The van der Waals surface area contributed by atoms with E-state index in [0.717, 1.165) is 5.01 Å². The molecule has 0 bridgehead atoms. The number of carboxylic acid groups (broad SMARTS) is 1. The molecule has 8 nitrogen and oxygen atoms in total. The molecule has 0 unspecified atom stereocenters. The van der Waals surface area contributed by atoms with Crippen molar-refractivity contribution in [2.45, 2.75) is 31.1 Å². The average Bonchev–Trinajstić information content (AvgIpc) is 2.96. The minimum absolute atomic E-state index is 0.0268. The number of amides is 1. The molecule has 1 aromatic heterocycles. The fourth-order valence-electron chi connectivity index (χ4n) is 1.97. The van der Waals surface area contributed by atoms with Gasteiger partial charge in [0.2, 0.25) is 5.91 Å². The Morgan fingerprint density at radius 2 is 1.92 bits per heavy atom. The number of carboxylic acids is 1. The van der Waals surface area contributed by atoms with E-state index >= 15 is 0 Å². The number of hydrogen-bond donors (Lipinski definition) is 3. The number of aryl methyl sites for hydroxylation is 2. The number of thiazole rings is 1. The first-order valence-corrected chi connectivity index (χ1v) is 9.65. The van der Waals surface area contributed by atoms with E-state index in [1.54, 1.807) is 5.38 Å². The van der Waals surface area contributed by atoms with Gasteiger partial charge in [0.15, 0.2) is 0 Å². The summed E-state index contributed by atoms with van der Waals surface area (Å²) in [4.78, 5) is 28.4. The molecule has 2 aromatic rings. The van der Waals surface area contributed by atoms with Crippen LogP contribution in [0.2, 0.25) is 0 Å². The fourth-order valence-corrected chi connectivity index (χ4v) is 3.44. The summed E-state index contributed by atoms with van der Waals surface area (Å²) in [5.41, 5.74) is 3.43. The number of nitrogens with one attached hydrogen (secondary N) is 2. The molecular formula is C15H17N3O5S2. The highest BCUT2D eigenvalue weighted by molar-refractivity contribution is 7.89. The van der Waals surface area contributed by atoms with Crippen LogP contribution in [0, 0.1) is 6.92 Å². The topological polar surface area (TPSA) is 125 Å². The molecule has 0 aliphatic rings. The number of nitrogens with zero attached hydrogens (tertiary/aromatic N) is 1. The first kappa shape index (κ1) is 19.0. The van der Waals surface area contributed by atoms with Crippen LogP contribution in [-0.2, 0) is 32.5 Å². The Morgan fingerprint density at radius 1 is 1.24 bits per heavy atom. The maximum Gasteiger partial charge on any atom is 0.303 e. The Morgan fingerprint density at radius 3 is 2.48 bits per heavy atom. The van der Waals surface area contributed by atoms with Crippen molar-refractivity contribution in [3.63, 3.8) is 0 Å². The quantitative estimate of drug-likeness (QED) is 0.585. The van der Waals surface area contributed by atoms with Gasteiger partial charge in [-0.05, 0) is 31.0 Å². The second-order valence-electron chi connectivity index (χ2n) is 5.23. The van der Waals surface area contributed by atoms with E-state index in [1.165, 1.54) is 35.6 Å². The molecule has 0 saturated heterocycles. The lowest BCUT2D eigenvalue weighted by molar-refractivity contribution is -0.137. The van der Waals surface area contributed by atoms with E-state index in [0.29, 0.717) is 17.7 Å². The Kier molecular flexibility index (Phi) is 6.23. The van der Waals surface area contributed by atoms with Crippen LogP contribution in [0.25, 0.3) is 0 Å². The van der Waals surface area contributed by atoms with E-state index in [2.05, 4.69) is 10.4 Å². The molecule has 1 heterocycles. The molecule has 0 fully saturated rings. The van der Waals surface area contributed by atoms with Gasteiger partial charge >= 0.3 is 5.97 Å². The molecule has 134 valence electrons. The monoisotopic (exact) mass is 383 g/mol. The summed E-state index contributed by atoms with van der Waals surface area (Å²) >= 11 is 1.41. The molecule has 0 radical (unpaired) electrons. The molecule has 2 rings (SSSR count). The second kappa shape index (κ2) is 8.19. The van der Waals surface area contributed by atoms with Crippen LogP contribution in [0.4, 0.5) is 0 Å². The Balaban J connectivity index is 1.92. The van der Waals surface area contributed by atoms with Crippen LogP contribution in [0.3, 0.4) is 0 Å². The molecule has 0 aliphatic carbocycles. The van der Waals surface area contributed by atoms with Crippen molar-refractivity contribution < 1.29 is 23.1 Å². The predicted molar refractivity (Wildman–Crippen MR) is 91.4 cm³/mol. The largest absolute Gasteiger partial charge is 0.481 e. The lowest BCUT2D eigenvalue weighted by Gasteiger charge is -2.08. The van der Waals surface area contributed by atoms with Crippen molar-refractivity contribution >= 4 is 33.2 Å². The van der Waals surface area contributed by atoms with Crippen LogP contribution < -0.4 is 10.3 Å². The van der Waals surface area contributed by atoms with Gasteiger partial charge in [0, 0.05) is 11.8 Å². The number of rotatable bonds is 8. The van der Waals surface area contributed by atoms with Crippen molar-refractivity contribution in [3.05, 3.63) is 45.9 Å². The van der Waals surface area contributed by atoms with Gasteiger partial charge < -0.3 is 5.11 Å². The molecule has 3 N–H and O–H groups in total. The zero-order valence-electron chi connectivity index (χ0n) is 13.4. The van der Waals surface area contributed by atoms with Gasteiger partial charge in [-0.1, -0.05) is 12.1 Å². The van der Waals surface area contributed by atoms with E-state index in [1.807, 2.05) is 11.8 Å². The van der Waals surface area contributed by atoms with Gasteiger partial charge in [-0.15, -0.1) is 16.2 Å². The maximum absolute atomic E-state index is 12.1. The number of benzene rings is 1. The first-order chi connectivity index (χ1) is 11.8. The number of carbonyl (C=O) groups is 2. The van der Waals surface area contributed by atoms with Crippen LogP contribution in [0.5, 0.6) is 0 Å². The van der Waals surface area contributed by atoms with E-state index in [-0.39, 0.29) is 17.7 Å². The smallest absolute Gasteiger partial charge is 0.303 e. The van der Waals surface area contributed by atoms with Crippen molar-refractivity contribution in [3.8, 4) is 0 Å². The van der Waals surface area contributed by atoms with Crippen molar-refractivity contribution in [2.75, 3.05) is 0 Å². The highest BCUT2D eigenvalue weighted by Gasteiger charge is 2.15. The highest BCUT2D eigenvalue weighted by Crippen LogP contribution is 2.12. The molecule has 1 amide bonds. The van der Waals surface area contributed by atoms with Crippen LogP contribution >= 0.6 is 11.3 Å². The fraction of sp³-hybridized carbons (Fsp3) is 0.267. The molecule has 0 atom stereocenters. The lowest BCUT2D eigenvalue weighted by atomic mass is 10.1. The third kappa shape index (κ3) is 5.93. The number of aromatic nitrogens is 1. The standard InChI is InChI=1S/C15H17N3O5S2/c1-10-16-12(9-24-10)8-14(19)17-18-25(22,23)13-5-2-11(3-6-13)4-7-15(20)21/h2-3,5-6,9,18H,4,7-8H2,1H3,(H,17,19)(H,20,21). The minimum atomic E-state index is -3.91. The Labute approximate surface area is 148 Å². The van der Waals surface area contributed by atoms with E-state index < -0.39 is 21.9 Å². The summed E-state index contributed by atoms with van der Waals surface area (Å²) in [5.74, 6) is -1.44. The zero-order valence-corrected chi connectivity index (χ0v) is 15.0. The number of hydrazine groups is 1. The second-order valence-corrected chi connectivity index (χ2v) is 7.97. The molecule has 0 aliphatic heterocycles. The summed E-state index contributed by atoms with van der Waals surface area (Å²) in [5, 5.41) is 11.2. The van der Waals surface area contributed by atoms with Gasteiger partial charge in [0.25, 0.3) is 10.0 Å². The van der Waals surface area contributed by atoms with Gasteiger partial charge in [0.05, 0.1) is 22.0 Å². The normalized spacial score (nSPS) is 11.2. The number of carbonyl (C=O) groups excluding carboxylic acids is 1. The average molecular weight is 383 g/mol. The summed E-state index contributed by atoms with van der Waals surface area (Å²) in [7, 11) is -3.91. The van der Waals surface area contributed by atoms with E-state index in [9.17, 15) is 18.0 Å². The summed E-state index contributed by atoms with van der Waals surface area (Å²) in [6, 6.07) is 5.79. The van der Waals surface area contributed by atoms with Crippen molar-refractivity contribution in [1.82, 2.24) is 15.2 Å². The van der Waals surface area contributed by atoms with Crippen molar-refractivity contribution in [2.24, 2.45) is 0 Å². The molecular weight excluding hydrogens is 366 g/mol. The van der Waals surface area contributed by atoms with Crippen LogP contribution in [0.15, 0.2) is 34.5 Å². The SMILES string of the molecule is Cc1nc(CC(=O)NNS(=O)(=O)c2ccc(CCC(=O)O)cc2)cs1. The third-order valence-electron chi connectivity index (χ3n) is 3.19. The lowest BCUT2D eigenvalue weighted by Crippen LogP contribution is -2.42. The van der Waals surface area contributed by atoms with Gasteiger partial charge in [0.1, 0.15) is 0 Å². The number of hydrogen-bond acceptors (Lipinski definition) is 6. The molecule has 1 aromatic carbocycles. The Hall–Kier alpha value is -2.30. The van der Waals surface area contributed by atoms with Crippen LogP contribution in [-0.4, -0.2) is 30.4 Å². The molecule has 25 heavy (non-hydrogen) atoms. The summed E-state index contributed by atoms with van der Waals surface area (Å²) < 4.78 is 24.3. The number of sulfonamides is 1. The number of aliphatic carboxylic acids is 1. The molecule has 10 heteroatoms.